The Kier molecular flexibility index (Phi) is 8.49. The number of piperidine rings is 1. The fraction of sp³-hybridized carbons (Fsp3) is 0.481. The molecule has 2 aliphatic heterocycles. The largest absolute Gasteiger partial charge is 1.00 e. The first-order valence-electron chi connectivity index (χ1n) is 12.8. The first kappa shape index (κ1) is 28.9. The van der Waals surface area contributed by atoms with Gasteiger partial charge >= 0.3 is 35.6 Å². The van der Waals surface area contributed by atoms with Crippen LogP contribution in [0, 0.1) is 6.92 Å². The van der Waals surface area contributed by atoms with Crippen molar-refractivity contribution in [1.29, 1.82) is 0 Å². The van der Waals surface area contributed by atoms with Gasteiger partial charge in [-0.2, -0.15) is 0 Å². The van der Waals surface area contributed by atoms with Crippen LogP contribution in [0.15, 0.2) is 36.4 Å². The van der Waals surface area contributed by atoms with E-state index in [0.717, 1.165) is 35.3 Å². The summed E-state index contributed by atoms with van der Waals surface area (Å²) in [4.78, 5) is 25.3. The third-order valence-corrected chi connectivity index (χ3v) is 9.49. The van der Waals surface area contributed by atoms with E-state index in [1.165, 1.54) is 12.1 Å². The van der Waals surface area contributed by atoms with E-state index < -0.39 is 21.5 Å². The molecule has 0 unspecified atom stereocenters. The SMILES string of the molecule is CCOc1cc(CS(=O)(=O)N2CCC3(CC2)CN(c2ccc(C(=O)[O-])cc2)C(=O)N3)c(C2CC2)cc1C.[Na+]. The molecule has 2 heterocycles. The van der Waals surface area contributed by atoms with Crippen molar-refractivity contribution in [1.82, 2.24) is 9.62 Å². The molecule has 2 aromatic rings. The zero-order chi connectivity index (χ0) is 26.4. The van der Waals surface area contributed by atoms with Crippen LogP contribution in [0.4, 0.5) is 10.5 Å². The van der Waals surface area contributed by atoms with Gasteiger partial charge in [0.1, 0.15) is 5.75 Å². The molecule has 0 aromatic heterocycles. The summed E-state index contributed by atoms with van der Waals surface area (Å²) in [6, 6.07) is 9.70. The molecule has 3 aliphatic rings. The van der Waals surface area contributed by atoms with Crippen LogP contribution in [-0.2, 0) is 15.8 Å². The number of sulfonamides is 1. The number of nitrogens with zero attached hydrogens (tertiary/aromatic N) is 2. The standard InChI is InChI=1S/C27H33N3O6S.Na/c1-3-36-24-15-21(23(14-18(24)2)19-4-5-19)16-37(34,35)29-12-10-27(11-13-29)17-30(26(33)28-27)22-8-6-20(7-9-22)25(31)32;/h6-9,14-15,19H,3-5,10-13,16-17H2,1-2H3,(H,28,33)(H,31,32);/q;+1/p-1. The molecule has 11 heteroatoms. The Morgan fingerprint density at radius 1 is 1.16 bits per heavy atom. The predicted molar refractivity (Wildman–Crippen MR) is 137 cm³/mol. The van der Waals surface area contributed by atoms with Crippen molar-refractivity contribution in [3.05, 3.63) is 58.7 Å². The number of carbonyl (C=O) groups excluding carboxylic acids is 2. The van der Waals surface area contributed by atoms with E-state index >= 15 is 0 Å². The zero-order valence-electron chi connectivity index (χ0n) is 22.2. The Morgan fingerprint density at radius 2 is 1.82 bits per heavy atom. The van der Waals surface area contributed by atoms with E-state index in [4.69, 9.17) is 4.74 Å². The number of hydrogen-bond acceptors (Lipinski definition) is 6. The number of nitrogens with one attached hydrogen (secondary N) is 1. The van der Waals surface area contributed by atoms with Crippen molar-refractivity contribution in [3.8, 4) is 5.75 Å². The van der Waals surface area contributed by atoms with Crippen molar-refractivity contribution in [2.75, 3.05) is 31.1 Å². The van der Waals surface area contributed by atoms with Gasteiger partial charge in [0.05, 0.1) is 30.4 Å². The Balaban J connectivity index is 0.00000336. The fourth-order valence-electron chi connectivity index (χ4n) is 5.42. The Bertz CT molecular complexity index is 1320. The van der Waals surface area contributed by atoms with Gasteiger partial charge in [0.2, 0.25) is 10.0 Å². The van der Waals surface area contributed by atoms with Crippen LogP contribution in [0.25, 0.3) is 0 Å². The Hall–Kier alpha value is -2.11. The van der Waals surface area contributed by atoms with Crippen molar-refractivity contribution < 1.29 is 57.4 Å². The molecule has 5 rings (SSSR count). The summed E-state index contributed by atoms with van der Waals surface area (Å²) < 4.78 is 34.2. The average Bonchev–Trinajstić information content (AvgIpc) is 3.65. The number of benzene rings is 2. The maximum absolute atomic E-state index is 13.5. The van der Waals surface area contributed by atoms with Gasteiger partial charge in [-0.1, -0.05) is 18.2 Å². The Morgan fingerprint density at radius 3 is 2.39 bits per heavy atom. The molecule has 0 atom stereocenters. The topological polar surface area (TPSA) is 119 Å². The van der Waals surface area contributed by atoms with E-state index in [-0.39, 0.29) is 46.9 Å². The molecule has 3 fully saturated rings. The third-order valence-electron chi connectivity index (χ3n) is 7.66. The van der Waals surface area contributed by atoms with Gasteiger partial charge in [0.15, 0.2) is 0 Å². The van der Waals surface area contributed by atoms with Crippen LogP contribution in [-0.4, -0.2) is 56.5 Å². The molecule has 1 saturated carbocycles. The van der Waals surface area contributed by atoms with Crippen molar-refractivity contribution in [2.24, 2.45) is 0 Å². The fourth-order valence-corrected chi connectivity index (χ4v) is 6.99. The van der Waals surface area contributed by atoms with Crippen LogP contribution in [0.5, 0.6) is 5.75 Å². The van der Waals surface area contributed by atoms with Gasteiger partial charge < -0.3 is 20.0 Å². The smallest absolute Gasteiger partial charge is 0.545 e. The summed E-state index contributed by atoms with van der Waals surface area (Å²) in [7, 11) is -3.56. The quantitative estimate of drug-likeness (QED) is 0.445. The molecule has 0 radical (unpaired) electrons. The molecule has 2 amide bonds. The maximum atomic E-state index is 13.5. The van der Waals surface area contributed by atoms with Gasteiger partial charge in [-0.25, -0.2) is 17.5 Å². The third kappa shape index (κ3) is 5.89. The molecular weight excluding hydrogens is 517 g/mol. The number of carboxylic acids is 1. The number of urea groups is 1. The molecule has 1 aliphatic carbocycles. The number of aryl methyl sites for hydroxylation is 1. The second kappa shape index (κ2) is 11.2. The van der Waals surface area contributed by atoms with Crippen LogP contribution < -0.4 is 49.6 Å². The molecule has 2 aromatic carbocycles. The van der Waals surface area contributed by atoms with E-state index in [1.54, 1.807) is 21.3 Å². The van der Waals surface area contributed by atoms with Crippen LogP contribution >= 0.6 is 0 Å². The predicted octanol–water partition coefficient (Wildman–Crippen LogP) is -0.467. The summed E-state index contributed by atoms with van der Waals surface area (Å²) >= 11 is 0. The Labute approximate surface area is 245 Å². The summed E-state index contributed by atoms with van der Waals surface area (Å²) in [5.74, 6) is -0.178. The molecule has 0 bridgehead atoms. The van der Waals surface area contributed by atoms with Crippen LogP contribution in [0.2, 0.25) is 0 Å². The minimum Gasteiger partial charge on any atom is -0.545 e. The summed E-state index contributed by atoms with van der Waals surface area (Å²) in [5.41, 5.74) is 3.07. The minimum atomic E-state index is -3.56. The van der Waals surface area contributed by atoms with E-state index in [1.807, 2.05) is 19.9 Å². The van der Waals surface area contributed by atoms with Crippen molar-refractivity contribution in [2.45, 2.75) is 56.7 Å². The summed E-state index contributed by atoms with van der Waals surface area (Å²) in [6.07, 6.45) is 3.16. The van der Waals surface area contributed by atoms with E-state index in [0.29, 0.717) is 50.7 Å². The number of aromatic carboxylic acids is 1. The van der Waals surface area contributed by atoms with Gasteiger partial charge in [0, 0.05) is 18.8 Å². The molecule has 1 spiro atoms. The number of anilines is 1. The van der Waals surface area contributed by atoms with Crippen LogP contribution in [0.1, 0.15) is 65.6 Å². The normalized spacial score (nSPS) is 19.2. The molecule has 1 N–H and O–H groups in total. The van der Waals surface area contributed by atoms with Crippen molar-refractivity contribution >= 4 is 27.7 Å². The monoisotopic (exact) mass is 549 g/mol. The first-order valence-corrected chi connectivity index (χ1v) is 14.4. The van der Waals surface area contributed by atoms with Gasteiger partial charge in [-0.3, -0.25) is 4.90 Å². The van der Waals surface area contributed by atoms with Gasteiger partial charge in [-0.05, 0) is 85.9 Å². The second-order valence-corrected chi connectivity index (χ2v) is 12.3. The summed E-state index contributed by atoms with van der Waals surface area (Å²) in [6.45, 7) is 5.47. The molecule has 2 saturated heterocycles. The van der Waals surface area contributed by atoms with Gasteiger partial charge in [0.25, 0.3) is 0 Å². The minimum absolute atomic E-state index is 0. The molecular formula is C27H32N3NaO6S. The zero-order valence-corrected chi connectivity index (χ0v) is 25.0. The number of hydrogen-bond donors (Lipinski definition) is 1. The number of amides is 2. The molecule has 9 nitrogen and oxygen atoms in total. The second-order valence-electron chi connectivity index (χ2n) is 10.3. The van der Waals surface area contributed by atoms with Crippen LogP contribution in [0.3, 0.4) is 0 Å². The van der Waals surface area contributed by atoms with Gasteiger partial charge in [-0.15, -0.1) is 0 Å². The maximum Gasteiger partial charge on any atom is 1.00 e. The number of rotatable bonds is 8. The molecule has 38 heavy (non-hydrogen) atoms. The summed E-state index contributed by atoms with van der Waals surface area (Å²) in [5, 5.41) is 14.1. The number of ether oxygens (including phenoxy) is 1. The number of carbonyl (C=O) groups is 2. The molecule has 198 valence electrons. The first-order chi connectivity index (χ1) is 17.6. The van der Waals surface area contributed by atoms with E-state index in [2.05, 4.69) is 11.4 Å². The van der Waals surface area contributed by atoms with E-state index in [9.17, 15) is 23.1 Å². The van der Waals surface area contributed by atoms with Crippen molar-refractivity contribution in [3.63, 3.8) is 0 Å². The average molecular weight is 550 g/mol. The number of carboxylic acid groups (broad SMARTS) is 1.